The minimum atomic E-state index is -0.208. The molecule has 0 saturated heterocycles. The number of H-pyrrole nitrogens is 1. The van der Waals surface area contributed by atoms with Crippen molar-refractivity contribution in [1.82, 2.24) is 25.9 Å². The van der Waals surface area contributed by atoms with Crippen LogP contribution in [-0.2, 0) is 4.79 Å². The number of amides is 1. The summed E-state index contributed by atoms with van der Waals surface area (Å²) < 4.78 is 0. The van der Waals surface area contributed by atoms with Crippen molar-refractivity contribution in [2.45, 2.75) is 25.6 Å². The summed E-state index contributed by atoms with van der Waals surface area (Å²) in [6.07, 6.45) is 5.80. The molecule has 2 heterocycles. The molecule has 1 amide bonds. The number of nitrogens with one attached hydrogen (secondary N) is 3. The molecule has 0 bridgehead atoms. The van der Waals surface area contributed by atoms with Gasteiger partial charge in [0.2, 0.25) is 6.41 Å². The summed E-state index contributed by atoms with van der Waals surface area (Å²) in [7, 11) is 1.95. The van der Waals surface area contributed by atoms with Crippen molar-refractivity contribution in [3.05, 3.63) is 71.2 Å². The van der Waals surface area contributed by atoms with Crippen molar-refractivity contribution in [3.8, 4) is 11.3 Å². The highest BCUT2D eigenvalue weighted by molar-refractivity contribution is 5.93. The minimum absolute atomic E-state index is 0.101. The van der Waals surface area contributed by atoms with Crippen molar-refractivity contribution in [3.63, 3.8) is 0 Å². The SMILES string of the molecule is CC(CCN(C=O)c1ccc(-c2n[nH]c(=O)c3ccccc23)cc1)NC1C=CN(C)N1. The highest BCUT2D eigenvalue weighted by Crippen LogP contribution is 2.26. The molecular formula is C23H26N6O2. The molecule has 8 nitrogen and oxygen atoms in total. The number of hydrazine groups is 1. The van der Waals surface area contributed by atoms with Gasteiger partial charge in [-0.25, -0.2) is 10.5 Å². The fourth-order valence-electron chi connectivity index (χ4n) is 3.72. The quantitative estimate of drug-likeness (QED) is 0.486. The van der Waals surface area contributed by atoms with Gasteiger partial charge in [0.1, 0.15) is 0 Å². The Balaban J connectivity index is 1.44. The van der Waals surface area contributed by atoms with E-state index in [1.807, 2.05) is 60.7 Å². The molecule has 3 aromatic rings. The number of aromatic amines is 1. The van der Waals surface area contributed by atoms with Crippen LogP contribution in [0.2, 0.25) is 0 Å². The van der Waals surface area contributed by atoms with E-state index in [-0.39, 0.29) is 17.8 Å². The van der Waals surface area contributed by atoms with Crippen LogP contribution in [0.25, 0.3) is 22.0 Å². The van der Waals surface area contributed by atoms with Crippen LogP contribution >= 0.6 is 0 Å². The summed E-state index contributed by atoms with van der Waals surface area (Å²) in [6, 6.07) is 15.3. The van der Waals surface area contributed by atoms with E-state index >= 15 is 0 Å². The number of hydrogen-bond donors (Lipinski definition) is 3. The van der Waals surface area contributed by atoms with Crippen LogP contribution in [0.5, 0.6) is 0 Å². The van der Waals surface area contributed by atoms with Crippen LogP contribution in [-0.4, -0.2) is 47.4 Å². The first-order valence-electron chi connectivity index (χ1n) is 10.3. The summed E-state index contributed by atoms with van der Waals surface area (Å²) in [5, 5.41) is 13.6. The fourth-order valence-corrected chi connectivity index (χ4v) is 3.72. The number of nitrogens with zero attached hydrogens (tertiary/aromatic N) is 3. The molecule has 1 aromatic heterocycles. The molecule has 31 heavy (non-hydrogen) atoms. The zero-order valence-electron chi connectivity index (χ0n) is 17.6. The van der Waals surface area contributed by atoms with Gasteiger partial charge in [0.25, 0.3) is 5.56 Å². The van der Waals surface area contributed by atoms with Gasteiger partial charge in [-0.05, 0) is 37.6 Å². The molecular weight excluding hydrogens is 392 g/mol. The van der Waals surface area contributed by atoms with Crippen molar-refractivity contribution in [1.29, 1.82) is 0 Å². The second-order valence-corrected chi connectivity index (χ2v) is 7.71. The standard InChI is InChI=1S/C23H26N6O2/c1-16(24-21-12-13-28(2)27-21)11-14-29(15-30)18-9-7-17(8-10-18)22-19-5-3-4-6-20(19)23(31)26-25-22/h3-10,12-13,15-16,21,24,27H,11,14H2,1-2H3,(H,26,31). The normalized spacial score (nSPS) is 16.6. The monoisotopic (exact) mass is 418 g/mol. The highest BCUT2D eigenvalue weighted by Gasteiger charge is 2.15. The lowest BCUT2D eigenvalue weighted by Gasteiger charge is -2.23. The number of hydrogen-bond acceptors (Lipinski definition) is 6. The van der Waals surface area contributed by atoms with E-state index in [0.717, 1.165) is 29.5 Å². The van der Waals surface area contributed by atoms with Crippen molar-refractivity contribution in [2.24, 2.45) is 0 Å². The summed E-state index contributed by atoms with van der Waals surface area (Å²) in [5.41, 5.74) is 5.45. The maximum Gasteiger partial charge on any atom is 0.272 e. The Morgan fingerprint density at radius 3 is 2.61 bits per heavy atom. The van der Waals surface area contributed by atoms with Gasteiger partial charge in [-0.3, -0.25) is 14.9 Å². The maximum absolute atomic E-state index is 12.0. The predicted octanol–water partition coefficient (Wildman–Crippen LogP) is 2.21. The smallest absolute Gasteiger partial charge is 0.272 e. The Labute approximate surface area is 180 Å². The number of fused-ring (bicyclic) bond motifs is 1. The van der Waals surface area contributed by atoms with E-state index in [2.05, 4.69) is 33.9 Å². The van der Waals surface area contributed by atoms with E-state index in [1.54, 1.807) is 11.0 Å². The average molecular weight is 419 g/mol. The lowest BCUT2D eigenvalue weighted by atomic mass is 10.0. The van der Waals surface area contributed by atoms with Crippen LogP contribution in [0.15, 0.2) is 65.6 Å². The number of carbonyl (C=O) groups is 1. The van der Waals surface area contributed by atoms with Crippen LogP contribution < -0.4 is 21.2 Å². The third-order valence-electron chi connectivity index (χ3n) is 5.41. The first kappa shape index (κ1) is 20.8. The number of carbonyl (C=O) groups excluding carboxylic acids is 1. The minimum Gasteiger partial charge on any atom is -0.317 e. The number of anilines is 1. The van der Waals surface area contributed by atoms with Gasteiger partial charge in [-0.2, -0.15) is 5.10 Å². The van der Waals surface area contributed by atoms with Crippen LogP contribution in [0.3, 0.4) is 0 Å². The zero-order valence-corrected chi connectivity index (χ0v) is 17.6. The largest absolute Gasteiger partial charge is 0.317 e. The molecule has 1 aliphatic rings. The number of benzene rings is 2. The summed E-state index contributed by atoms with van der Waals surface area (Å²) in [6.45, 7) is 2.70. The first-order valence-corrected chi connectivity index (χ1v) is 10.3. The predicted molar refractivity (Wildman–Crippen MR) is 122 cm³/mol. The average Bonchev–Trinajstić information content (AvgIpc) is 3.19. The van der Waals surface area contributed by atoms with E-state index in [9.17, 15) is 9.59 Å². The number of rotatable bonds is 8. The molecule has 2 unspecified atom stereocenters. The van der Waals surface area contributed by atoms with Crippen LogP contribution in [0.1, 0.15) is 13.3 Å². The Kier molecular flexibility index (Phi) is 6.11. The van der Waals surface area contributed by atoms with Crippen molar-refractivity contribution in [2.75, 3.05) is 18.5 Å². The van der Waals surface area contributed by atoms with Crippen LogP contribution in [0, 0.1) is 0 Å². The number of aromatic nitrogens is 2. The molecule has 1 aliphatic heterocycles. The Hall–Kier alpha value is -3.49. The second kappa shape index (κ2) is 9.11. The topological polar surface area (TPSA) is 93.4 Å². The lowest BCUT2D eigenvalue weighted by Crippen LogP contribution is -2.46. The van der Waals surface area contributed by atoms with E-state index < -0.39 is 0 Å². The molecule has 0 spiro atoms. The van der Waals surface area contributed by atoms with E-state index in [1.165, 1.54) is 0 Å². The molecule has 4 rings (SSSR count). The zero-order chi connectivity index (χ0) is 21.8. The van der Waals surface area contributed by atoms with E-state index in [0.29, 0.717) is 17.6 Å². The molecule has 8 heteroatoms. The van der Waals surface area contributed by atoms with Gasteiger partial charge in [0.15, 0.2) is 0 Å². The Morgan fingerprint density at radius 2 is 1.94 bits per heavy atom. The van der Waals surface area contributed by atoms with Crippen molar-refractivity contribution >= 4 is 22.9 Å². The molecule has 0 radical (unpaired) electrons. The van der Waals surface area contributed by atoms with Gasteiger partial charge < -0.3 is 9.91 Å². The lowest BCUT2D eigenvalue weighted by molar-refractivity contribution is -0.107. The maximum atomic E-state index is 12.0. The summed E-state index contributed by atoms with van der Waals surface area (Å²) >= 11 is 0. The summed E-state index contributed by atoms with van der Waals surface area (Å²) in [5.74, 6) is 0. The molecule has 0 aliphatic carbocycles. The Morgan fingerprint density at radius 1 is 1.19 bits per heavy atom. The molecule has 160 valence electrons. The third-order valence-corrected chi connectivity index (χ3v) is 5.41. The Bertz CT molecular complexity index is 1140. The van der Waals surface area contributed by atoms with E-state index in [4.69, 9.17) is 0 Å². The van der Waals surface area contributed by atoms with Gasteiger partial charge in [0.05, 0.1) is 17.2 Å². The fraction of sp³-hybridized carbons (Fsp3) is 0.261. The van der Waals surface area contributed by atoms with Gasteiger partial charge >= 0.3 is 0 Å². The molecule has 2 aromatic carbocycles. The molecule has 3 N–H and O–H groups in total. The van der Waals surface area contributed by atoms with Crippen molar-refractivity contribution < 1.29 is 4.79 Å². The second-order valence-electron chi connectivity index (χ2n) is 7.71. The first-order chi connectivity index (χ1) is 15.0. The molecule has 0 fully saturated rings. The van der Waals surface area contributed by atoms with Gasteiger partial charge in [0, 0.05) is 42.5 Å². The van der Waals surface area contributed by atoms with Gasteiger partial charge in [-0.1, -0.05) is 30.3 Å². The summed E-state index contributed by atoms with van der Waals surface area (Å²) in [4.78, 5) is 25.4. The molecule has 2 atom stereocenters. The highest BCUT2D eigenvalue weighted by atomic mass is 16.1. The van der Waals surface area contributed by atoms with Crippen LogP contribution in [0.4, 0.5) is 5.69 Å². The third kappa shape index (κ3) is 4.65. The van der Waals surface area contributed by atoms with Gasteiger partial charge in [-0.15, -0.1) is 0 Å². The molecule has 0 saturated carbocycles.